The number of pyridine rings is 2. The van der Waals surface area contributed by atoms with Crippen molar-refractivity contribution in [3.63, 3.8) is 0 Å². The third-order valence-electron chi connectivity index (χ3n) is 13.0. The van der Waals surface area contributed by atoms with E-state index in [1.165, 1.54) is 35.4 Å². The van der Waals surface area contributed by atoms with E-state index >= 15 is 0 Å². The number of thiophene rings is 6. The minimum atomic E-state index is 0.600. The largest absolute Gasteiger partial charge is 0.405 e. The molecule has 0 unspecified atom stereocenters. The molecule has 16 heteroatoms. The highest BCUT2D eigenvalue weighted by Crippen LogP contribution is 2.54. The van der Waals surface area contributed by atoms with Crippen LogP contribution in [-0.4, -0.2) is 37.8 Å². The van der Waals surface area contributed by atoms with E-state index in [4.69, 9.17) is 33.4 Å². The molecule has 12 aromatic heterocycles. The van der Waals surface area contributed by atoms with E-state index < -0.39 is 0 Å². The van der Waals surface area contributed by atoms with Gasteiger partial charge in [-0.25, -0.2) is 9.97 Å². The summed E-state index contributed by atoms with van der Waals surface area (Å²) in [5.74, 6) is 30.0. The van der Waals surface area contributed by atoms with Crippen molar-refractivity contribution in [1.29, 1.82) is 0 Å². The van der Waals surface area contributed by atoms with Gasteiger partial charge in [0.2, 0.25) is 0 Å². The molecule has 0 fully saturated rings. The van der Waals surface area contributed by atoms with Gasteiger partial charge in [0.15, 0.2) is 5.75 Å². The predicted molar refractivity (Wildman–Crippen MR) is 323 cm³/mol. The molecule has 0 saturated heterocycles. The van der Waals surface area contributed by atoms with Crippen molar-refractivity contribution in [2.24, 2.45) is 7.05 Å². The molecule has 9 nitrogen and oxygen atoms in total. The Hall–Kier alpha value is -8.36. The molecular formula is C60H30N8OS7. The van der Waals surface area contributed by atoms with E-state index in [0.29, 0.717) is 33.3 Å². The number of fused-ring (bicyclic) bond motifs is 14. The fourth-order valence-corrected chi connectivity index (χ4v) is 17.6. The third kappa shape index (κ3) is 7.17. The molecule has 0 N–H and O–H groups in total. The van der Waals surface area contributed by atoms with Crippen LogP contribution in [0.1, 0.15) is 36.1 Å². The Morgan fingerprint density at radius 1 is 0.513 bits per heavy atom. The van der Waals surface area contributed by atoms with Gasteiger partial charge in [-0.2, -0.15) is 8.75 Å². The molecule has 76 heavy (non-hydrogen) atoms. The standard InChI is InChI=1S/C60H30N8OS7/c1-7-10-13-18-33-27-36-56(71-33)57-37(67(36)6)28-44(75-57)60-40(69-24-15-12-9-3)30-42(73-60)46-50-49(63-53-47-34(19-16-21-61-47)35-20-17-22-62-48(35)54(53)64-50)45(51-52(46)66-76-65-51)41-25-31(4)55(72-41)43-29-39-59(74-43)58-38(26-32(5)70-58)68(39)23-14-11-8-2/h16-17,19-22,25-30H,1-6H3. The Morgan fingerprint density at radius 3 is 1.80 bits per heavy atom. The monoisotopic (exact) mass is 1100 g/mol. The lowest BCUT2D eigenvalue weighted by Gasteiger charge is -2.13. The Balaban J connectivity index is 1.02. The van der Waals surface area contributed by atoms with Gasteiger partial charge in [0, 0.05) is 89.7 Å². The van der Waals surface area contributed by atoms with E-state index in [-0.39, 0.29) is 0 Å². The normalized spacial score (nSPS) is 11.2. The van der Waals surface area contributed by atoms with Gasteiger partial charge in [-0.05, 0) is 112 Å². The first-order valence-corrected chi connectivity index (χ1v) is 29.1. The Bertz CT molecular complexity index is 5300. The molecule has 0 atom stereocenters. The van der Waals surface area contributed by atoms with Crippen LogP contribution >= 0.6 is 79.7 Å². The van der Waals surface area contributed by atoms with Gasteiger partial charge >= 0.3 is 0 Å². The highest BCUT2D eigenvalue weighted by molar-refractivity contribution is 7.32. The fourth-order valence-electron chi connectivity index (χ4n) is 9.80. The zero-order valence-electron chi connectivity index (χ0n) is 40.8. The molecule has 14 aromatic rings. The molecule has 0 aliphatic carbocycles. The molecule has 358 valence electrons. The first-order chi connectivity index (χ1) is 37.3. The molecular weight excluding hydrogens is 1070 g/mol. The number of hydrogen-bond donors (Lipinski definition) is 0. The van der Waals surface area contributed by atoms with Crippen LogP contribution in [0.25, 0.3) is 136 Å². The van der Waals surface area contributed by atoms with Gasteiger partial charge in [0.25, 0.3) is 0 Å². The van der Waals surface area contributed by atoms with Gasteiger partial charge in [-0.1, -0.05) is 29.9 Å². The van der Waals surface area contributed by atoms with E-state index in [0.717, 1.165) is 100 Å². The van der Waals surface area contributed by atoms with Gasteiger partial charge in [0.1, 0.15) is 39.2 Å². The lowest BCUT2D eigenvalue weighted by atomic mass is 10.0. The van der Waals surface area contributed by atoms with Crippen molar-refractivity contribution < 1.29 is 4.74 Å². The highest BCUT2D eigenvalue weighted by Gasteiger charge is 2.29. The molecule has 0 bridgehead atoms. The topological polar surface area (TPSA) is 96.4 Å². The summed E-state index contributed by atoms with van der Waals surface area (Å²) in [6.45, 7) is 9.68. The van der Waals surface area contributed by atoms with Gasteiger partial charge < -0.3 is 9.30 Å². The minimum absolute atomic E-state index is 0.600. The summed E-state index contributed by atoms with van der Waals surface area (Å²) in [7, 11) is 2.10. The number of aromatic nitrogens is 8. The van der Waals surface area contributed by atoms with Crippen molar-refractivity contribution in [2.45, 2.75) is 34.6 Å². The minimum Gasteiger partial charge on any atom is -0.405 e. The van der Waals surface area contributed by atoms with E-state index in [1.54, 1.807) is 95.0 Å². The van der Waals surface area contributed by atoms with Crippen molar-refractivity contribution in [3.8, 4) is 117 Å². The summed E-state index contributed by atoms with van der Waals surface area (Å²) < 4.78 is 25.7. The maximum Gasteiger partial charge on any atom is 0.160 e. The SMILES string of the molecule is CC#CC#COc1cc(-c2c3nsnc3c(-c3cc(C)c(-c4cc5c(s4)c4sc(C)cc4n5C#CC#CC)s3)c3nc4c5ncccc5c5cccnc5c4nc23)sc1-c1cc2c(s1)c1sc(C#CC#CC)cc1n2C. The molecule has 0 amide bonds. The molecule has 2 aromatic carbocycles. The summed E-state index contributed by atoms with van der Waals surface area (Å²) in [5, 5.41) is 1.89. The molecule has 0 saturated carbocycles. The maximum atomic E-state index is 6.37. The van der Waals surface area contributed by atoms with Gasteiger partial charge in [-0.15, -0.1) is 68.0 Å². The van der Waals surface area contributed by atoms with Crippen LogP contribution in [0.15, 0.2) is 73.1 Å². The zero-order chi connectivity index (χ0) is 51.3. The average molecular weight is 1100 g/mol. The van der Waals surface area contributed by atoms with Crippen LogP contribution in [0, 0.1) is 85.2 Å². The summed E-state index contributed by atoms with van der Waals surface area (Å²) in [6.07, 6.45) is 6.48. The number of nitrogens with zero attached hydrogens (tertiary/aromatic N) is 8. The predicted octanol–water partition coefficient (Wildman–Crippen LogP) is 15.9. The Labute approximate surface area is 461 Å². The van der Waals surface area contributed by atoms with E-state index in [9.17, 15) is 0 Å². The lowest BCUT2D eigenvalue weighted by molar-refractivity contribution is 0.524. The van der Waals surface area contributed by atoms with Crippen molar-refractivity contribution in [3.05, 3.63) is 88.4 Å². The van der Waals surface area contributed by atoms with Crippen LogP contribution in [0.3, 0.4) is 0 Å². The highest BCUT2D eigenvalue weighted by atomic mass is 32.1. The lowest BCUT2D eigenvalue weighted by Crippen LogP contribution is -1.98. The number of ether oxygens (including phenoxy) is 1. The second kappa shape index (κ2) is 18.2. The van der Waals surface area contributed by atoms with Crippen LogP contribution in [0.4, 0.5) is 0 Å². The van der Waals surface area contributed by atoms with Crippen molar-refractivity contribution in [2.75, 3.05) is 0 Å². The number of rotatable bonds is 5. The molecule has 12 heterocycles. The molecule has 0 radical (unpaired) electrons. The first kappa shape index (κ1) is 46.2. The van der Waals surface area contributed by atoms with Crippen molar-refractivity contribution >= 4 is 176 Å². The van der Waals surface area contributed by atoms with Crippen LogP contribution in [0.5, 0.6) is 5.75 Å². The van der Waals surface area contributed by atoms with E-state index in [1.807, 2.05) is 24.4 Å². The van der Waals surface area contributed by atoms with Gasteiger partial charge in [-0.3, -0.25) is 14.5 Å². The smallest absolute Gasteiger partial charge is 0.160 e. The third-order valence-corrected chi connectivity index (χ3v) is 20.9. The number of hydrogen-bond acceptors (Lipinski definition) is 14. The number of aryl methyl sites for hydroxylation is 3. The molecule has 0 aliphatic heterocycles. The fraction of sp³-hybridized carbons (Fsp3) is 0.100. The Kier molecular flexibility index (Phi) is 11.1. The zero-order valence-corrected chi connectivity index (χ0v) is 46.5. The van der Waals surface area contributed by atoms with Crippen LogP contribution in [0.2, 0.25) is 0 Å². The molecule has 14 rings (SSSR count). The summed E-state index contributed by atoms with van der Waals surface area (Å²) in [5.41, 5.74) is 12.8. The molecule has 0 spiro atoms. The Morgan fingerprint density at radius 2 is 1.09 bits per heavy atom. The summed E-state index contributed by atoms with van der Waals surface area (Å²) >= 11 is 11.5. The summed E-state index contributed by atoms with van der Waals surface area (Å²) in [6, 6.07) is 24.5. The first-order valence-electron chi connectivity index (χ1n) is 23.5. The van der Waals surface area contributed by atoms with Crippen LogP contribution < -0.4 is 4.74 Å². The van der Waals surface area contributed by atoms with Crippen LogP contribution in [-0.2, 0) is 7.05 Å². The second-order valence-corrected chi connectivity index (χ2v) is 24.5. The average Bonchev–Trinajstić information content (AvgIpc) is 4.46. The quantitative estimate of drug-likeness (QED) is 0.0962. The van der Waals surface area contributed by atoms with Crippen molar-refractivity contribution in [1.82, 2.24) is 37.8 Å². The van der Waals surface area contributed by atoms with Gasteiger partial charge in [0.05, 0.1) is 78.3 Å². The molecule has 0 aliphatic rings. The second-order valence-electron chi connectivity index (χ2n) is 17.4. The summed E-state index contributed by atoms with van der Waals surface area (Å²) in [4.78, 5) is 29.6. The maximum absolute atomic E-state index is 6.37. The number of benzene rings is 2. The van der Waals surface area contributed by atoms with E-state index in [2.05, 4.69) is 144 Å².